The Balaban J connectivity index is 1.62. The fourth-order valence-corrected chi connectivity index (χ4v) is 2.44. The van der Waals surface area contributed by atoms with Crippen molar-refractivity contribution in [3.8, 4) is 0 Å². The van der Waals surface area contributed by atoms with E-state index < -0.39 is 0 Å². The average molecular weight is 269 g/mol. The molecule has 2 aromatic rings. The van der Waals surface area contributed by atoms with E-state index in [1.54, 1.807) is 12.1 Å². The van der Waals surface area contributed by atoms with Crippen LogP contribution in [-0.4, -0.2) is 11.9 Å². The second-order valence-electron chi connectivity index (χ2n) is 4.88. The van der Waals surface area contributed by atoms with E-state index in [1.165, 1.54) is 5.56 Å². The van der Waals surface area contributed by atoms with E-state index in [9.17, 15) is 4.79 Å². The highest BCUT2D eigenvalue weighted by Gasteiger charge is 2.39. The van der Waals surface area contributed by atoms with Crippen LogP contribution in [0.1, 0.15) is 28.3 Å². The van der Waals surface area contributed by atoms with Crippen LogP contribution in [-0.2, 0) is 0 Å². The summed E-state index contributed by atoms with van der Waals surface area (Å²) in [5.41, 5.74) is 2.00. The predicted molar refractivity (Wildman–Crippen MR) is 78.7 cm³/mol. The van der Waals surface area contributed by atoms with Crippen molar-refractivity contribution in [3.05, 3.63) is 65.7 Å². The molecule has 2 nitrogen and oxygen atoms in total. The van der Waals surface area contributed by atoms with Crippen molar-refractivity contribution >= 4 is 18.5 Å². The lowest BCUT2D eigenvalue weighted by molar-refractivity contribution is 0.0950. The van der Waals surface area contributed by atoms with Gasteiger partial charge in [-0.05, 0) is 36.2 Å². The summed E-state index contributed by atoms with van der Waals surface area (Å²) >= 11 is 4.21. The van der Waals surface area contributed by atoms with E-state index in [4.69, 9.17) is 0 Å². The number of rotatable bonds is 3. The van der Waals surface area contributed by atoms with Gasteiger partial charge in [0.2, 0.25) is 0 Å². The third kappa shape index (κ3) is 2.82. The molecule has 96 valence electrons. The molecule has 0 aliphatic heterocycles. The van der Waals surface area contributed by atoms with Crippen molar-refractivity contribution in [3.63, 3.8) is 0 Å². The first-order valence-corrected chi connectivity index (χ1v) is 6.83. The van der Waals surface area contributed by atoms with Crippen molar-refractivity contribution in [1.82, 2.24) is 5.32 Å². The summed E-state index contributed by atoms with van der Waals surface area (Å²) < 4.78 is 0. The molecule has 0 aromatic heterocycles. The molecule has 1 amide bonds. The van der Waals surface area contributed by atoms with E-state index in [2.05, 4.69) is 30.1 Å². The standard InChI is InChI=1S/C16H15NOS/c18-16(12-6-8-13(19)9-7-12)17-15-10-14(15)11-4-2-1-3-5-11/h1-9,14-15,19H,10H2,(H,17,18). The molecule has 1 fully saturated rings. The quantitative estimate of drug-likeness (QED) is 0.823. The average Bonchev–Trinajstić information content (AvgIpc) is 3.20. The predicted octanol–water partition coefficient (Wildman–Crippen LogP) is 3.26. The largest absolute Gasteiger partial charge is 0.349 e. The SMILES string of the molecule is O=C(NC1CC1c1ccccc1)c1ccc(S)cc1. The van der Waals surface area contributed by atoms with Crippen molar-refractivity contribution in [2.75, 3.05) is 0 Å². The molecular weight excluding hydrogens is 254 g/mol. The van der Waals surface area contributed by atoms with Gasteiger partial charge in [-0.25, -0.2) is 0 Å². The topological polar surface area (TPSA) is 29.1 Å². The van der Waals surface area contributed by atoms with Crippen LogP contribution in [0.2, 0.25) is 0 Å². The van der Waals surface area contributed by atoms with Gasteiger partial charge in [-0.2, -0.15) is 0 Å². The van der Waals surface area contributed by atoms with Crippen LogP contribution in [0.25, 0.3) is 0 Å². The summed E-state index contributed by atoms with van der Waals surface area (Å²) in [4.78, 5) is 12.9. The van der Waals surface area contributed by atoms with E-state index >= 15 is 0 Å². The number of hydrogen-bond donors (Lipinski definition) is 2. The molecule has 3 rings (SSSR count). The molecule has 0 spiro atoms. The normalized spacial score (nSPS) is 20.9. The molecule has 0 bridgehead atoms. The molecule has 1 saturated carbocycles. The minimum Gasteiger partial charge on any atom is -0.349 e. The number of hydrogen-bond acceptors (Lipinski definition) is 2. The van der Waals surface area contributed by atoms with Crippen molar-refractivity contribution in [1.29, 1.82) is 0 Å². The number of benzene rings is 2. The van der Waals surface area contributed by atoms with Gasteiger partial charge in [-0.1, -0.05) is 30.3 Å². The highest BCUT2D eigenvalue weighted by atomic mass is 32.1. The summed E-state index contributed by atoms with van der Waals surface area (Å²) in [6.45, 7) is 0. The molecule has 1 aliphatic rings. The zero-order chi connectivity index (χ0) is 13.2. The molecular formula is C16H15NOS. The van der Waals surface area contributed by atoms with Gasteiger partial charge in [0.1, 0.15) is 0 Å². The first-order valence-electron chi connectivity index (χ1n) is 6.39. The van der Waals surface area contributed by atoms with Crippen LogP contribution >= 0.6 is 12.6 Å². The number of carbonyl (C=O) groups excluding carboxylic acids is 1. The van der Waals surface area contributed by atoms with Gasteiger partial charge in [-0.3, -0.25) is 4.79 Å². The highest BCUT2D eigenvalue weighted by molar-refractivity contribution is 7.80. The first kappa shape index (κ1) is 12.3. The zero-order valence-corrected chi connectivity index (χ0v) is 11.3. The summed E-state index contributed by atoms with van der Waals surface area (Å²) in [6, 6.07) is 17.9. The van der Waals surface area contributed by atoms with Gasteiger partial charge in [0.25, 0.3) is 5.91 Å². The maximum atomic E-state index is 12.0. The van der Waals surface area contributed by atoms with Crippen molar-refractivity contribution in [2.24, 2.45) is 0 Å². The molecule has 0 heterocycles. The Labute approximate surface area is 118 Å². The number of amides is 1. The lowest BCUT2D eigenvalue weighted by Gasteiger charge is -2.05. The zero-order valence-electron chi connectivity index (χ0n) is 10.4. The van der Waals surface area contributed by atoms with E-state index in [0.29, 0.717) is 11.5 Å². The fourth-order valence-electron chi connectivity index (χ4n) is 2.29. The van der Waals surface area contributed by atoms with E-state index in [0.717, 1.165) is 11.3 Å². The Morgan fingerprint density at radius 1 is 1.05 bits per heavy atom. The maximum absolute atomic E-state index is 12.0. The second-order valence-corrected chi connectivity index (χ2v) is 5.40. The minimum absolute atomic E-state index is 0.00300. The summed E-state index contributed by atoms with van der Waals surface area (Å²) in [6.07, 6.45) is 1.03. The number of thiol groups is 1. The molecule has 0 radical (unpaired) electrons. The molecule has 1 aliphatic carbocycles. The van der Waals surface area contributed by atoms with E-state index in [-0.39, 0.29) is 11.9 Å². The van der Waals surface area contributed by atoms with Crippen LogP contribution in [0.15, 0.2) is 59.5 Å². The third-order valence-electron chi connectivity index (χ3n) is 3.46. The fraction of sp³-hybridized carbons (Fsp3) is 0.188. The Morgan fingerprint density at radius 3 is 2.42 bits per heavy atom. The molecule has 0 saturated heterocycles. The van der Waals surface area contributed by atoms with Crippen LogP contribution < -0.4 is 5.32 Å². The summed E-state index contributed by atoms with van der Waals surface area (Å²) in [7, 11) is 0. The maximum Gasteiger partial charge on any atom is 0.251 e. The van der Waals surface area contributed by atoms with Crippen LogP contribution in [0.4, 0.5) is 0 Å². The van der Waals surface area contributed by atoms with Crippen molar-refractivity contribution in [2.45, 2.75) is 23.3 Å². The molecule has 3 heteroatoms. The van der Waals surface area contributed by atoms with Gasteiger partial charge in [0, 0.05) is 22.4 Å². The molecule has 19 heavy (non-hydrogen) atoms. The lowest BCUT2D eigenvalue weighted by atomic mass is 10.1. The smallest absolute Gasteiger partial charge is 0.251 e. The highest BCUT2D eigenvalue weighted by Crippen LogP contribution is 2.40. The van der Waals surface area contributed by atoms with Crippen LogP contribution in [0.5, 0.6) is 0 Å². The summed E-state index contributed by atoms with van der Waals surface area (Å²) in [5.74, 6) is 0.464. The molecule has 2 atom stereocenters. The van der Waals surface area contributed by atoms with Gasteiger partial charge < -0.3 is 5.32 Å². The molecule has 1 N–H and O–H groups in total. The number of carbonyl (C=O) groups is 1. The Morgan fingerprint density at radius 2 is 1.74 bits per heavy atom. The van der Waals surface area contributed by atoms with Crippen molar-refractivity contribution < 1.29 is 4.79 Å². The molecule has 2 unspecified atom stereocenters. The first-order chi connectivity index (χ1) is 9.24. The van der Waals surface area contributed by atoms with Crippen LogP contribution in [0, 0.1) is 0 Å². The number of nitrogens with one attached hydrogen (secondary N) is 1. The van der Waals surface area contributed by atoms with Gasteiger partial charge >= 0.3 is 0 Å². The Hall–Kier alpha value is -1.74. The van der Waals surface area contributed by atoms with Crippen LogP contribution in [0.3, 0.4) is 0 Å². The lowest BCUT2D eigenvalue weighted by Crippen LogP contribution is -2.26. The van der Waals surface area contributed by atoms with Gasteiger partial charge in [0.05, 0.1) is 0 Å². The monoisotopic (exact) mass is 269 g/mol. The Bertz CT molecular complexity index is 579. The van der Waals surface area contributed by atoms with E-state index in [1.807, 2.05) is 30.3 Å². The Kier molecular flexibility index (Phi) is 3.30. The summed E-state index contributed by atoms with van der Waals surface area (Å²) in [5, 5.41) is 3.07. The van der Waals surface area contributed by atoms with Gasteiger partial charge in [-0.15, -0.1) is 12.6 Å². The third-order valence-corrected chi connectivity index (χ3v) is 3.76. The molecule has 2 aromatic carbocycles. The second kappa shape index (κ2) is 5.10. The van der Waals surface area contributed by atoms with Gasteiger partial charge in [0.15, 0.2) is 0 Å². The minimum atomic E-state index is -0.00300.